The highest BCUT2D eigenvalue weighted by Crippen LogP contribution is 2.37. The van der Waals surface area contributed by atoms with Gasteiger partial charge in [-0.05, 0) is 28.5 Å². The lowest BCUT2D eigenvalue weighted by atomic mass is 9.76. The van der Waals surface area contributed by atoms with Crippen molar-refractivity contribution in [1.29, 1.82) is 0 Å². The number of esters is 1. The van der Waals surface area contributed by atoms with Gasteiger partial charge in [0.15, 0.2) is 18.6 Å². The Balaban J connectivity index is 2.46. The van der Waals surface area contributed by atoms with Crippen molar-refractivity contribution in [2.45, 2.75) is 74.8 Å². The molecule has 2 aliphatic rings. The van der Waals surface area contributed by atoms with Crippen LogP contribution in [-0.4, -0.2) is 83.7 Å². The molecule has 1 aliphatic carbocycles. The molecule has 1 saturated heterocycles. The molecule has 1 aliphatic heterocycles. The molecular weight excluding hydrogens is 491 g/mol. The Bertz CT molecular complexity index is 1020. The molecule has 0 spiro atoms. The molecule has 0 unspecified atom stereocenters. The summed E-state index contributed by atoms with van der Waals surface area (Å²) in [5.74, 6) is -3.42. The van der Waals surface area contributed by atoms with Crippen LogP contribution in [0.15, 0.2) is 20.5 Å². The van der Waals surface area contributed by atoms with Crippen molar-refractivity contribution in [3.63, 3.8) is 0 Å². The lowest BCUT2D eigenvalue weighted by Gasteiger charge is -2.46. The van der Waals surface area contributed by atoms with Crippen molar-refractivity contribution in [3.8, 4) is 0 Å². The van der Waals surface area contributed by atoms with E-state index < -0.39 is 85.8 Å². The van der Waals surface area contributed by atoms with E-state index in [4.69, 9.17) is 36.3 Å². The average Bonchev–Trinajstić information content (AvgIpc) is 2.81. The van der Waals surface area contributed by atoms with Crippen molar-refractivity contribution < 1.29 is 38.4 Å². The minimum atomic E-state index is -2.22. The third kappa shape index (κ3) is 6.78. The van der Waals surface area contributed by atoms with E-state index in [-0.39, 0.29) is 6.42 Å². The number of hydrogen-bond donors (Lipinski definition) is 2. The lowest BCUT2D eigenvalue weighted by molar-refractivity contribution is -0.280. The number of rotatable bonds is 10. The smallest absolute Gasteiger partial charge is 0.303 e. The summed E-state index contributed by atoms with van der Waals surface area (Å²) in [4.78, 5) is 33.2. The second-order valence-electron chi connectivity index (χ2n) is 7.80. The molecule has 0 aromatic heterocycles. The Labute approximate surface area is 200 Å². The summed E-state index contributed by atoms with van der Waals surface area (Å²) < 4.78 is 31.6. The molecule has 2 N–H and O–H groups in total. The van der Waals surface area contributed by atoms with Gasteiger partial charge in [-0.25, -0.2) is 4.39 Å². The Kier molecular flexibility index (Phi) is 10.3. The third-order valence-corrected chi connectivity index (χ3v) is 5.64. The molecular formula is C16H21FN12O7. The maximum atomic E-state index is 15.4. The highest BCUT2D eigenvalue weighted by molar-refractivity contribution is 5.67. The number of carboxylic acids is 1. The zero-order valence-corrected chi connectivity index (χ0v) is 18.6. The maximum Gasteiger partial charge on any atom is 0.303 e. The molecule has 0 aromatic carbocycles. The molecule has 10 atom stereocenters. The van der Waals surface area contributed by atoms with Gasteiger partial charge in [0.1, 0.15) is 12.1 Å². The zero-order chi connectivity index (χ0) is 26.8. The van der Waals surface area contributed by atoms with Crippen LogP contribution in [0.25, 0.3) is 41.8 Å². The summed E-state index contributed by atoms with van der Waals surface area (Å²) in [6, 6.07) is -4.11. The minimum absolute atomic E-state index is 0.232. The van der Waals surface area contributed by atoms with E-state index >= 15 is 4.39 Å². The summed E-state index contributed by atoms with van der Waals surface area (Å²) in [7, 11) is 0. The predicted molar refractivity (Wildman–Crippen MR) is 113 cm³/mol. The third-order valence-electron chi connectivity index (χ3n) is 5.64. The number of aliphatic hydroxyl groups is 1. The molecule has 0 amide bonds. The van der Waals surface area contributed by atoms with E-state index in [2.05, 4.69) is 40.1 Å². The van der Waals surface area contributed by atoms with Gasteiger partial charge in [-0.3, -0.25) is 9.59 Å². The number of nitrogens with zero attached hydrogens (tertiary/aromatic N) is 12. The van der Waals surface area contributed by atoms with Crippen molar-refractivity contribution in [3.05, 3.63) is 41.8 Å². The Morgan fingerprint density at radius 1 is 1.06 bits per heavy atom. The van der Waals surface area contributed by atoms with Crippen molar-refractivity contribution in [2.24, 2.45) is 26.4 Å². The normalized spacial score (nSPS) is 35.5. The van der Waals surface area contributed by atoms with E-state index in [0.29, 0.717) is 0 Å². The first-order chi connectivity index (χ1) is 17.2. The molecule has 36 heavy (non-hydrogen) atoms. The van der Waals surface area contributed by atoms with Crippen molar-refractivity contribution in [2.75, 3.05) is 6.54 Å². The van der Waals surface area contributed by atoms with Gasteiger partial charge in [0.25, 0.3) is 0 Å². The van der Waals surface area contributed by atoms with Crippen LogP contribution in [0.2, 0.25) is 0 Å². The van der Waals surface area contributed by atoms with Gasteiger partial charge in [0.05, 0.1) is 31.2 Å². The number of aliphatic carboxylic acids is 1. The fourth-order valence-electron chi connectivity index (χ4n) is 4.18. The number of hydrogen-bond acceptors (Lipinski definition) is 10. The number of ether oxygens (including phenoxy) is 3. The van der Waals surface area contributed by atoms with Gasteiger partial charge in [-0.2, -0.15) is 0 Å². The average molecular weight is 512 g/mol. The quantitative estimate of drug-likeness (QED) is 0.190. The van der Waals surface area contributed by atoms with E-state index in [9.17, 15) is 19.8 Å². The molecule has 2 rings (SSSR count). The van der Waals surface area contributed by atoms with Crippen LogP contribution in [0.3, 0.4) is 0 Å². The van der Waals surface area contributed by atoms with E-state index in [1.54, 1.807) is 0 Å². The first-order valence-corrected chi connectivity index (χ1v) is 10.3. The van der Waals surface area contributed by atoms with Crippen molar-refractivity contribution >= 4 is 11.9 Å². The number of carbonyl (C=O) groups is 2. The lowest BCUT2D eigenvalue weighted by Crippen LogP contribution is -2.61. The van der Waals surface area contributed by atoms with Crippen LogP contribution in [0.1, 0.15) is 19.8 Å². The SMILES string of the molecule is CC(=O)O[C@@H]1[C@H](F)[C@@H](N=[N+]=[N-])[C@@H](O[C@H]2[C@@H](O)[C@@H](CC(=O)O)[C@H](N=[N+]=[N-])C[C@@H]2N=[N+]=[N-])O[C@@H]1CN=[N+]=[N-]. The first-order valence-electron chi connectivity index (χ1n) is 10.3. The van der Waals surface area contributed by atoms with E-state index in [0.717, 1.165) is 6.92 Å². The monoisotopic (exact) mass is 512 g/mol. The Morgan fingerprint density at radius 3 is 2.25 bits per heavy atom. The van der Waals surface area contributed by atoms with E-state index in [1.807, 2.05) is 0 Å². The van der Waals surface area contributed by atoms with Gasteiger partial charge in [0.2, 0.25) is 0 Å². The number of halogens is 1. The summed E-state index contributed by atoms with van der Waals surface area (Å²) in [5, 5.41) is 33.7. The number of alkyl halides is 1. The second-order valence-corrected chi connectivity index (χ2v) is 7.80. The fourth-order valence-corrected chi connectivity index (χ4v) is 4.18. The van der Waals surface area contributed by atoms with Gasteiger partial charge in [-0.1, -0.05) is 20.5 Å². The molecule has 194 valence electrons. The summed E-state index contributed by atoms with van der Waals surface area (Å²) in [6.45, 7) is 0.472. The maximum absolute atomic E-state index is 15.4. The molecule has 19 nitrogen and oxygen atoms in total. The first kappa shape index (κ1) is 28.2. The number of carboxylic acid groups (broad SMARTS) is 1. The largest absolute Gasteiger partial charge is 0.481 e. The number of aliphatic hydroxyl groups excluding tert-OH is 1. The topological polar surface area (TPSA) is 297 Å². The van der Waals surface area contributed by atoms with Crippen LogP contribution < -0.4 is 0 Å². The fraction of sp³-hybridized carbons (Fsp3) is 0.875. The predicted octanol–water partition coefficient (Wildman–Crippen LogP) is 2.57. The highest BCUT2D eigenvalue weighted by Gasteiger charge is 2.52. The van der Waals surface area contributed by atoms with Crippen LogP contribution >= 0.6 is 0 Å². The molecule has 1 saturated carbocycles. The Morgan fingerprint density at radius 2 is 1.69 bits per heavy atom. The van der Waals surface area contributed by atoms with Crippen LogP contribution in [-0.2, 0) is 23.8 Å². The Hall–Kier alpha value is -4.01. The molecule has 20 heteroatoms. The summed E-state index contributed by atoms with van der Waals surface area (Å²) in [5.41, 5.74) is 35.4. The zero-order valence-electron chi connectivity index (χ0n) is 18.6. The van der Waals surface area contributed by atoms with Crippen LogP contribution in [0.5, 0.6) is 0 Å². The molecule has 1 heterocycles. The van der Waals surface area contributed by atoms with Crippen LogP contribution in [0.4, 0.5) is 4.39 Å². The highest BCUT2D eigenvalue weighted by atomic mass is 19.1. The van der Waals surface area contributed by atoms with Crippen LogP contribution in [0, 0.1) is 5.92 Å². The second kappa shape index (κ2) is 13.2. The number of azide groups is 4. The van der Waals surface area contributed by atoms with Gasteiger partial charge >= 0.3 is 11.9 Å². The molecule has 2 fully saturated rings. The molecule has 0 bridgehead atoms. The summed E-state index contributed by atoms with van der Waals surface area (Å²) >= 11 is 0. The standard InChI is InChI=1S/C16H21FN12O7/c1-5(30)34-15-9(4-22-26-18)35-16(12(11(15)17)25-29-21)36-14-8(24-28-20)3-7(23-27-19)6(13(14)33)2-10(31)32/h6-9,11-16,33H,2-4H2,1H3,(H,31,32)/t6-,7+,8-,9+,11+,12+,13-,14+,15-,16+/m0/s1. The number of carbonyl (C=O) groups excluding carboxylic acids is 1. The van der Waals surface area contributed by atoms with Gasteiger partial charge in [-0.15, -0.1) is 0 Å². The minimum Gasteiger partial charge on any atom is -0.481 e. The van der Waals surface area contributed by atoms with Gasteiger partial charge in [0, 0.05) is 38.5 Å². The van der Waals surface area contributed by atoms with Crippen molar-refractivity contribution in [1.82, 2.24) is 0 Å². The molecule has 0 radical (unpaired) electrons. The van der Waals surface area contributed by atoms with E-state index in [1.165, 1.54) is 0 Å². The molecule has 0 aromatic rings. The summed E-state index contributed by atoms with van der Waals surface area (Å²) in [6.07, 6.45) is -11.2. The van der Waals surface area contributed by atoms with Gasteiger partial charge < -0.3 is 24.4 Å².